The highest BCUT2D eigenvalue weighted by Crippen LogP contribution is 2.23. The fourth-order valence-electron chi connectivity index (χ4n) is 2.41. The van der Waals surface area contributed by atoms with Crippen LogP contribution < -0.4 is 4.57 Å². The van der Waals surface area contributed by atoms with Crippen LogP contribution in [0.5, 0.6) is 0 Å². The zero-order valence-electron chi connectivity index (χ0n) is 11.9. The second kappa shape index (κ2) is 7.44. The summed E-state index contributed by atoms with van der Waals surface area (Å²) in [5, 5.41) is 0. The molecule has 0 radical (unpaired) electrons. The predicted molar refractivity (Wildman–Crippen MR) is 84.6 cm³/mol. The molecule has 0 saturated carbocycles. The minimum Gasteiger partial charge on any atom is -0.201 e. The standard InChI is InChI=1S/C19H22N/c1-3-8-18(9-4-2)19-12-14-20(15-13-19)16-17-10-6-5-7-11-17/h3-7,10-15,18H,1-2,8-9,16H2/q+1. The molecule has 1 aromatic carbocycles. The molecule has 0 saturated heterocycles. The van der Waals surface area contributed by atoms with Crippen LogP contribution in [0.25, 0.3) is 0 Å². The van der Waals surface area contributed by atoms with E-state index in [9.17, 15) is 0 Å². The first kappa shape index (κ1) is 14.3. The van der Waals surface area contributed by atoms with Crippen molar-refractivity contribution in [2.24, 2.45) is 0 Å². The first-order valence-electron chi connectivity index (χ1n) is 7.08. The summed E-state index contributed by atoms with van der Waals surface area (Å²) in [6.45, 7) is 8.60. The van der Waals surface area contributed by atoms with Crippen molar-refractivity contribution in [2.45, 2.75) is 25.3 Å². The molecule has 2 aromatic rings. The lowest BCUT2D eigenvalue weighted by Crippen LogP contribution is -2.33. The number of hydrogen-bond donors (Lipinski definition) is 0. The van der Waals surface area contributed by atoms with Gasteiger partial charge < -0.3 is 0 Å². The van der Waals surface area contributed by atoms with Crippen molar-refractivity contribution in [3.05, 3.63) is 91.3 Å². The molecule has 1 nitrogen and oxygen atoms in total. The number of nitrogens with zero attached hydrogens (tertiary/aromatic N) is 1. The Labute approximate surface area is 121 Å². The largest absolute Gasteiger partial charge is 0.201 e. The summed E-state index contributed by atoms with van der Waals surface area (Å²) in [4.78, 5) is 0. The second-order valence-corrected chi connectivity index (χ2v) is 5.04. The Morgan fingerprint density at radius 2 is 1.50 bits per heavy atom. The van der Waals surface area contributed by atoms with Crippen molar-refractivity contribution < 1.29 is 4.57 Å². The number of rotatable bonds is 7. The maximum Gasteiger partial charge on any atom is 0.173 e. The van der Waals surface area contributed by atoms with Gasteiger partial charge in [0.1, 0.15) is 0 Å². The lowest BCUT2D eigenvalue weighted by atomic mass is 9.93. The van der Waals surface area contributed by atoms with Crippen LogP contribution in [0.2, 0.25) is 0 Å². The molecule has 0 spiro atoms. The third kappa shape index (κ3) is 3.92. The minimum atomic E-state index is 0.497. The van der Waals surface area contributed by atoms with E-state index < -0.39 is 0 Å². The van der Waals surface area contributed by atoms with Crippen LogP contribution in [0.1, 0.15) is 29.9 Å². The van der Waals surface area contributed by atoms with Gasteiger partial charge in [-0.05, 0) is 24.3 Å². The van der Waals surface area contributed by atoms with Gasteiger partial charge in [0, 0.05) is 17.7 Å². The number of aromatic nitrogens is 1. The van der Waals surface area contributed by atoms with Gasteiger partial charge in [0.25, 0.3) is 0 Å². The van der Waals surface area contributed by atoms with Gasteiger partial charge in [-0.25, -0.2) is 4.57 Å². The van der Waals surface area contributed by atoms with Crippen LogP contribution in [-0.2, 0) is 6.54 Å². The normalized spacial score (nSPS) is 10.4. The van der Waals surface area contributed by atoms with E-state index in [1.807, 2.05) is 18.2 Å². The van der Waals surface area contributed by atoms with Gasteiger partial charge in [-0.1, -0.05) is 42.5 Å². The Morgan fingerprint density at radius 1 is 0.900 bits per heavy atom. The van der Waals surface area contributed by atoms with Crippen molar-refractivity contribution >= 4 is 0 Å². The highest BCUT2D eigenvalue weighted by molar-refractivity contribution is 5.17. The van der Waals surface area contributed by atoms with Crippen molar-refractivity contribution in [3.8, 4) is 0 Å². The molecule has 0 amide bonds. The summed E-state index contributed by atoms with van der Waals surface area (Å²) in [6.07, 6.45) is 10.3. The molecule has 0 bridgehead atoms. The maximum atomic E-state index is 3.84. The van der Waals surface area contributed by atoms with E-state index in [-0.39, 0.29) is 0 Å². The van der Waals surface area contributed by atoms with Gasteiger partial charge in [0.2, 0.25) is 0 Å². The quantitative estimate of drug-likeness (QED) is 0.520. The summed E-state index contributed by atoms with van der Waals surface area (Å²) in [5.74, 6) is 0.497. The zero-order chi connectivity index (χ0) is 14.2. The Kier molecular flexibility index (Phi) is 5.31. The van der Waals surface area contributed by atoms with E-state index in [0.29, 0.717) is 5.92 Å². The van der Waals surface area contributed by atoms with E-state index in [0.717, 1.165) is 19.4 Å². The van der Waals surface area contributed by atoms with Crippen LogP contribution in [0.4, 0.5) is 0 Å². The third-order valence-electron chi connectivity index (χ3n) is 3.50. The maximum absolute atomic E-state index is 3.84. The average molecular weight is 264 g/mol. The van der Waals surface area contributed by atoms with Crippen molar-refractivity contribution in [1.82, 2.24) is 0 Å². The smallest absolute Gasteiger partial charge is 0.173 e. The molecule has 0 aliphatic carbocycles. The first-order chi connectivity index (χ1) is 9.83. The minimum absolute atomic E-state index is 0.497. The summed E-state index contributed by atoms with van der Waals surface area (Å²) in [6, 6.07) is 14.9. The predicted octanol–water partition coefficient (Wildman–Crippen LogP) is 4.26. The third-order valence-corrected chi connectivity index (χ3v) is 3.50. The fraction of sp³-hybridized carbons (Fsp3) is 0.211. The first-order valence-corrected chi connectivity index (χ1v) is 7.08. The van der Waals surface area contributed by atoms with Crippen molar-refractivity contribution in [2.75, 3.05) is 0 Å². The molecule has 0 atom stereocenters. The summed E-state index contributed by atoms with van der Waals surface area (Å²) >= 11 is 0. The molecule has 0 unspecified atom stereocenters. The molecule has 0 N–H and O–H groups in total. The van der Waals surface area contributed by atoms with Gasteiger partial charge in [-0.3, -0.25) is 0 Å². The van der Waals surface area contributed by atoms with Gasteiger partial charge in [0.15, 0.2) is 18.9 Å². The lowest BCUT2D eigenvalue weighted by molar-refractivity contribution is -0.688. The van der Waals surface area contributed by atoms with Crippen molar-refractivity contribution in [3.63, 3.8) is 0 Å². The number of pyridine rings is 1. The highest BCUT2D eigenvalue weighted by atomic mass is 14.9. The van der Waals surface area contributed by atoms with Gasteiger partial charge >= 0.3 is 0 Å². The molecule has 1 heteroatoms. The molecule has 0 aliphatic heterocycles. The van der Waals surface area contributed by atoms with E-state index in [1.54, 1.807) is 0 Å². The van der Waals surface area contributed by atoms with Crippen LogP contribution in [-0.4, -0.2) is 0 Å². The molecule has 0 fully saturated rings. The van der Waals surface area contributed by atoms with Crippen LogP contribution >= 0.6 is 0 Å². The monoisotopic (exact) mass is 264 g/mol. The molecular formula is C19H22N+. The molecule has 1 heterocycles. The van der Waals surface area contributed by atoms with E-state index in [2.05, 4.69) is 66.5 Å². The number of hydrogen-bond acceptors (Lipinski definition) is 0. The molecule has 1 aromatic heterocycles. The van der Waals surface area contributed by atoms with E-state index >= 15 is 0 Å². The van der Waals surface area contributed by atoms with Gasteiger partial charge in [-0.15, -0.1) is 13.2 Å². The zero-order valence-corrected chi connectivity index (χ0v) is 11.9. The van der Waals surface area contributed by atoms with Gasteiger partial charge in [-0.2, -0.15) is 0 Å². The fourth-order valence-corrected chi connectivity index (χ4v) is 2.41. The van der Waals surface area contributed by atoms with Gasteiger partial charge in [0.05, 0.1) is 0 Å². The lowest BCUT2D eigenvalue weighted by Gasteiger charge is -2.12. The molecule has 0 aliphatic rings. The molecule has 2 rings (SSSR count). The van der Waals surface area contributed by atoms with Crippen LogP contribution in [0.15, 0.2) is 80.2 Å². The Bertz CT molecular complexity index is 530. The van der Waals surface area contributed by atoms with Crippen molar-refractivity contribution in [1.29, 1.82) is 0 Å². The molecular weight excluding hydrogens is 242 g/mol. The second-order valence-electron chi connectivity index (χ2n) is 5.04. The van der Waals surface area contributed by atoms with Crippen LogP contribution in [0.3, 0.4) is 0 Å². The Balaban J connectivity index is 2.08. The van der Waals surface area contributed by atoms with Crippen LogP contribution in [0, 0.1) is 0 Å². The summed E-state index contributed by atoms with van der Waals surface area (Å²) in [5.41, 5.74) is 2.67. The topological polar surface area (TPSA) is 3.88 Å². The highest BCUT2D eigenvalue weighted by Gasteiger charge is 2.10. The number of benzene rings is 1. The average Bonchev–Trinajstić information content (AvgIpc) is 2.49. The van der Waals surface area contributed by atoms with E-state index in [4.69, 9.17) is 0 Å². The Morgan fingerprint density at radius 3 is 2.05 bits per heavy atom. The molecule has 20 heavy (non-hydrogen) atoms. The summed E-state index contributed by atoms with van der Waals surface area (Å²) in [7, 11) is 0. The Hall–Kier alpha value is -2.15. The number of allylic oxidation sites excluding steroid dienone is 2. The molecule has 102 valence electrons. The SMILES string of the molecule is C=CCC(CC=C)c1cc[n+](Cc2ccccc2)cc1. The summed E-state index contributed by atoms with van der Waals surface area (Å²) < 4.78 is 2.21. The van der Waals surface area contributed by atoms with E-state index in [1.165, 1.54) is 11.1 Å².